The van der Waals surface area contributed by atoms with E-state index in [0.29, 0.717) is 5.56 Å². The number of halogens is 3. The quantitative estimate of drug-likeness (QED) is 0.608. The van der Waals surface area contributed by atoms with Crippen molar-refractivity contribution in [2.24, 2.45) is 5.10 Å². The first-order chi connectivity index (χ1) is 12.3. The second-order valence-corrected chi connectivity index (χ2v) is 5.03. The molecule has 2 aromatic rings. The molecule has 6 nitrogen and oxygen atoms in total. The topological polar surface area (TPSA) is 88.0 Å². The maximum atomic E-state index is 12.6. The second-order valence-electron chi connectivity index (χ2n) is 5.03. The number of carbonyl (C=O) groups excluding carboxylic acids is 1. The predicted molar refractivity (Wildman–Crippen MR) is 86.1 cm³/mol. The van der Waals surface area contributed by atoms with Crippen molar-refractivity contribution in [2.75, 3.05) is 6.61 Å². The minimum Gasteiger partial charge on any atom is -0.484 e. The summed E-state index contributed by atoms with van der Waals surface area (Å²) in [6, 6.07) is 9.92. The highest BCUT2D eigenvalue weighted by Crippen LogP contribution is 2.31. The molecule has 9 heteroatoms. The Labute approximate surface area is 145 Å². The first-order valence-electron chi connectivity index (χ1n) is 7.21. The van der Waals surface area contributed by atoms with E-state index in [4.69, 9.17) is 9.84 Å². The number of aromatic carboxylic acids is 1. The molecule has 136 valence electrons. The Bertz CT molecular complexity index is 818. The molecular formula is C17H13F3N2O4. The lowest BCUT2D eigenvalue weighted by atomic mass is 10.1. The summed E-state index contributed by atoms with van der Waals surface area (Å²) in [6.45, 7) is -0.517. The molecule has 1 amide bonds. The highest BCUT2D eigenvalue weighted by molar-refractivity contribution is 5.89. The standard InChI is InChI=1S/C17H13F3N2O4/c18-17(19,20)13-2-1-3-14(8-13)26-10-15(23)22-21-9-11-4-6-12(7-5-11)16(24)25/h1-9H,10H2,(H,22,23)(H,24,25)/b21-9+. The number of hydrogen-bond acceptors (Lipinski definition) is 4. The first kappa shape index (κ1) is 19.0. The number of amides is 1. The average molecular weight is 366 g/mol. The third kappa shape index (κ3) is 5.62. The van der Waals surface area contributed by atoms with Crippen LogP contribution in [0.2, 0.25) is 0 Å². The average Bonchev–Trinajstić information content (AvgIpc) is 2.60. The zero-order chi connectivity index (χ0) is 19.2. The van der Waals surface area contributed by atoms with Crippen molar-refractivity contribution in [3.8, 4) is 5.75 Å². The Morgan fingerprint density at radius 1 is 1.15 bits per heavy atom. The van der Waals surface area contributed by atoms with Gasteiger partial charge in [0.25, 0.3) is 5.91 Å². The van der Waals surface area contributed by atoms with Gasteiger partial charge < -0.3 is 9.84 Å². The molecule has 0 bridgehead atoms. The molecule has 26 heavy (non-hydrogen) atoms. The smallest absolute Gasteiger partial charge is 0.416 e. The van der Waals surface area contributed by atoms with Crippen LogP contribution in [0.3, 0.4) is 0 Å². The van der Waals surface area contributed by atoms with Crippen LogP contribution in [0, 0.1) is 0 Å². The largest absolute Gasteiger partial charge is 0.484 e. The number of carboxylic acids is 1. The minimum atomic E-state index is -4.50. The van der Waals surface area contributed by atoms with Crippen molar-refractivity contribution in [3.63, 3.8) is 0 Å². The second kappa shape index (κ2) is 8.15. The molecule has 2 rings (SSSR count). The molecule has 0 aliphatic carbocycles. The van der Waals surface area contributed by atoms with Gasteiger partial charge in [-0.05, 0) is 35.9 Å². The number of ether oxygens (including phenoxy) is 1. The number of nitrogens with zero attached hydrogens (tertiary/aromatic N) is 1. The van der Waals surface area contributed by atoms with E-state index in [0.717, 1.165) is 12.1 Å². The molecule has 0 aromatic heterocycles. The fourth-order valence-corrected chi connectivity index (χ4v) is 1.83. The van der Waals surface area contributed by atoms with Gasteiger partial charge in [0, 0.05) is 0 Å². The molecule has 0 saturated carbocycles. The van der Waals surface area contributed by atoms with Crippen LogP contribution < -0.4 is 10.2 Å². The summed E-state index contributed by atoms with van der Waals surface area (Å²) in [5.74, 6) is -1.82. The number of nitrogens with one attached hydrogen (secondary N) is 1. The Morgan fingerprint density at radius 3 is 2.46 bits per heavy atom. The summed E-state index contributed by atoms with van der Waals surface area (Å²) in [6.07, 6.45) is -3.21. The fourth-order valence-electron chi connectivity index (χ4n) is 1.83. The maximum absolute atomic E-state index is 12.6. The lowest BCUT2D eigenvalue weighted by Gasteiger charge is -2.09. The highest BCUT2D eigenvalue weighted by Gasteiger charge is 2.30. The van der Waals surface area contributed by atoms with Gasteiger partial charge in [0.05, 0.1) is 17.3 Å². The van der Waals surface area contributed by atoms with Gasteiger partial charge in [-0.15, -0.1) is 0 Å². The summed E-state index contributed by atoms with van der Waals surface area (Å²) < 4.78 is 42.7. The number of rotatable bonds is 6. The predicted octanol–water partition coefficient (Wildman–Crippen LogP) is 2.93. The summed E-state index contributed by atoms with van der Waals surface area (Å²) in [5.41, 5.74) is 1.94. The van der Waals surface area contributed by atoms with Gasteiger partial charge >= 0.3 is 12.1 Å². The van der Waals surface area contributed by atoms with Crippen molar-refractivity contribution >= 4 is 18.1 Å². The third-order valence-corrected chi connectivity index (χ3v) is 3.09. The van der Waals surface area contributed by atoms with Gasteiger partial charge in [0.1, 0.15) is 5.75 Å². The van der Waals surface area contributed by atoms with Crippen LogP contribution in [0.5, 0.6) is 5.75 Å². The van der Waals surface area contributed by atoms with E-state index < -0.39 is 30.2 Å². The molecule has 0 unspecified atom stereocenters. The van der Waals surface area contributed by atoms with Gasteiger partial charge in [-0.2, -0.15) is 18.3 Å². The van der Waals surface area contributed by atoms with Gasteiger partial charge in [0.2, 0.25) is 0 Å². The number of hydrogen-bond donors (Lipinski definition) is 2. The SMILES string of the molecule is O=C(COc1cccc(C(F)(F)F)c1)N/N=C/c1ccc(C(=O)O)cc1. The van der Waals surface area contributed by atoms with Crippen molar-refractivity contribution in [1.29, 1.82) is 0 Å². The number of alkyl halides is 3. The monoisotopic (exact) mass is 366 g/mol. The molecule has 0 spiro atoms. The number of hydrazone groups is 1. The van der Waals surface area contributed by atoms with E-state index in [1.165, 1.54) is 42.6 Å². The zero-order valence-electron chi connectivity index (χ0n) is 13.2. The van der Waals surface area contributed by atoms with Gasteiger partial charge in [-0.3, -0.25) is 4.79 Å². The van der Waals surface area contributed by atoms with Gasteiger partial charge in [-0.25, -0.2) is 10.2 Å². The van der Waals surface area contributed by atoms with Crippen LogP contribution in [-0.4, -0.2) is 29.8 Å². The molecule has 0 aliphatic heterocycles. The third-order valence-electron chi connectivity index (χ3n) is 3.09. The highest BCUT2D eigenvalue weighted by atomic mass is 19.4. The normalized spacial score (nSPS) is 11.3. The van der Waals surface area contributed by atoms with E-state index >= 15 is 0 Å². The number of benzene rings is 2. The van der Waals surface area contributed by atoms with Crippen molar-refractivity contribution in [3.05, 3.63) is 65.2 Å². The molecule has 0 aliphatic rings. The van der Waals surface area contributed by atoms with E-state index in [1.807, 2.05) is 0 Å². The Morgan fingerprint density at radius 2 is 1.85 bits per heavy atom. The van der Waals surface area contributed by atoms with E-state index in [1.54, 1.807) is 0 Å². The Balaban J connectivity index is 1.84. The van der Waals surface area contributed by atoms with Crippen LogP contribution >= 0.6 is 0 Å². The zero-order valence-corrected chi connectivity index (χ0v) is 13.2. The summed E-state index contributed by atoms with van der Waals surface area (Å²) in [7, 11) is 0. The van der Waals surface area contributed by atoms with Gasteiger partial charge in [-0.1, -0.05) is 18.2 Å². The van der Waals surface area contributed by atoms with Crippen molar-refractivity contribution < 1.29 is 32.6 Å². The molecule has 0 radical (unpaired) electrons. The lowest BCUT2D eigenvalue weighted by Crippen LogP contribution is -2.24. The van der Waals surface area contributed by atoms with Crippen LogP contribution in [0.25, 0.3) is 0 Å². The van der Waals surface area contributed by atoms with E-state index in [9.17, 15) is 22.8 Å². The summed E-state index contributed by atoms with van der Waals surface area (Å²) in [5, 5.41) is 12.4. The molecule has 0 fully saturated rings. The Kier molecular flexibility index (Phi) is 5.94. The fraction of sp³-hybridized carbons (Fsp3) is 0.118. The molecule has 2 N–H and O–H groups in total. The summed E-state index contributed by atoms with van der Waals surface area (Å²) >= 11 is 0. The minimum absolute atomic E-state index is 0.0942. The van der Waals surface area contributed by atoms with E-state index in [2.05, 4.69) is 10.5 Å². The maximum Gasteiger partial charge on any atom is 0.416 e. The summed E-state index contributed by atoms with van der Waals surface area (Å²) in [4.78, 5) is 22.3. The molecular weight excluding hydrogens is 353 g/mol. The van der Waals surface area contributed by atoms with E-state index in [-0.39, 0.29) is 11.3 Å². The van der Waals surface area contributed by atoms with Crippen LogP contribution in [-0.2, 0) is 11.0 Å². The van der Waals surface area contributed by atoms with Crippen LogP contribution in [0.1, 0.15) is 21.5 Å². The lowest BCUT2D eigenvalue weighted by molar-refractivity contribution is -0.137. The molecule has 0 atom stereocenters. The van der Waals surface area contributed by atoms with Crippen LogP contribution in [0.15, 0.2) is 53.6 Å². The number of carboxylic acid groups (broad SMARTS) is 1. The first-order valence-corrected chi connectivity index (χ1v) is 7.21. The number of carbonyl (C=O) groups is 2. The Hall–Kier alpha value is -3.36. The molecule has 0 saturated heterocycles. The van der Waals surface area contributed by atoms with Crippen molar-refractivity contribution in [1.82, 2.24) is 5.43 Å². The molecule has 2 aromatic carbocycles. The van der Waals surface area contributed by atoms with Crippen LogP contribution in [0.4, 0.5) is 13.2 Å². The van der Waals surface area contributed by atoms with Crippen molar-refractivity contribution in [2.45, 2.75) is 6.18 Å². The van der Waals surface area contributed by atoms with Gasteiger partial charge in [0.15, 0.2) is 6.61 Å². The molecule has 0 heterocycles.